The molecule has 2 aliphatic heterocycles. The number of hydrogen-bond acceptors (Lipinski definition) is 6. The first-order valence-electron chi connectivity index (χ1n) is 8.82. The molecule has 27 heavy (non-hydrogen) atoms. The molecule has 1 aromatic heterocycles. The van der Waals surface area contributed by atoms with Crippen molar-refractivity contribution in [1.82, 2.24) is 9.88 Å². The van der Waals surface area contributed by atoms with Crippen LogP contribution in [0.4, 0.5) is 0 Å². The third-order valence-corrected chi connectivity index (χ3v) is 5.05. The maximum absolute atomic E-state index is 13.0. The van der Waals surface area contributed by atoms with Crippen molar-refractivity contribution in [3.8, 4) is 11.6 Å². The molecule has 3 heterocycles. The van der Waals surface area contributed by atoms with E-state index in [9.17, 15) is 4.79 Å². The smallest absolute Gasteiger partial charge is 0.270 e. The van der Waals surface area contributed by atoms with Crippen LogP contribution in [0.3, 0.4) is 0 Å². The molecule has 0 saturated carbocycles. The summed E-state index contributed by atoms with van der Waals surface area (Å²) >= 11 is 0. The Hall–Kier alpha value is -3.09. The van der Waals surface area contributed by atoms with Gasteiger partial charge in [0.1, 0.15) is 5.75 Å². The number of nitrogens with zero attached hydrogens (tertiary/aromatic N) is 3. The number of hydrogen-bond donors (Lipinski definition) is 0. The van der Waals surface area contributed by atoms with E-state index in [1.54, 1.807) is 20.4 Å². The van der Waals surface area contributed by atoms with E-state index in [0.717, 1.165) is 16.9 Å². The summed E-state index contributed by atoms with van der Waals surface area (Å²) < 4.78 is 10.5. The number of carbonyl (C=O) groups is 1. The molecule has 0 aliphatic carbocycles. The van der Waals surface area contributed by atoms with Crippen LogP contribution < -0.4 is 9.47 Å². The van der Waals surface area contributed by atoms with Gasteiger partial charge in [-0.2, -0.15) is 0 Å². The third-order valence-electron chi connectivity index (χ3n) is 5.05. The molecule has 1 unspecified atom stereocenters. The number of oxime groups is 1. The fraction of sp³-hybridized carbons (Fsp3) is 0.350. The summed E-state index contributed by atoms with van der Waals surface area (Å²) in [5.74, 6) is 1.25. The quantitative estimate of drug-likeness (QED) is 0.811. The lowest BCUT2D eigenvalue weighted by molar-refractivity contribution is -0.146. The Kier molecular flexibility index (Phi) is 4.43. The SMILES string of the molecule is COc1ccc(CN2CCC3(CC(c4cccnc4OC)=NO3)C2=O)cc1. The Balaban J connectivity index is 1.47. The summed E-state index contributed by atoms with van der Waals surface area (Å²) in [5.41, 5.74) is 1.59. The van der Waals surface area contributed by atoms with E-state index < -0.39 is 5.60 Å². The number of carbonyl (C=O) groups excluding carboxylic acids is 1. The molecule has 2 aromatic rings. The van der Waals surface area contributed by atoms with E-state index in [4.69, 9.17) is 14.3 Å². The van der Waals surface area contributed by atoms with E-state index in [1.165, 1.54) is 0 Å². The topological polar surface area (TPSA) is 73.2 Å². The number of amides is 1. The monoisotopic (exact) mass is 367 g/mol. The third kappa shape index (κ3) is 3.09. The summed E-state index contributed by atoms with van der Waals surface area (Å²) in [6.45, 7) is 1.18. The van der Waals surface area contributed by atoms with E-state index in [2.05, 4.69) is 10.1 Å². The van der Waals surface area contributed by atoms with E-state index in [1.807, 2.05) is 41.3 Å². The van der Waals surface area contributed by atoms with E-state index in [-0.39, 0.29) is 5.91 Å². The molecule has 1 saturated heterocycles. The van der Waals surface area contributed by atoms with Crippen LogP contribution in [-0.2, 0) is 16.2 Å². The first-order valence-corrected chi connectivity index (χ1v) is 8.82. The minimum Gasteiger partial charge on any atom is -0.497 e. The molecular weight excluding hydrogens is 346 g/mol. The summed E-state index contributed by atoms with van der Waals surface area (Å²) in [6, 6.07) is 11.4. The normalized spacial score (nSPS) is 21.3. The maximum Gasteiger partial charge on any atom is 0.270 e. The van der Waals surface area contributed by atoms with Crippen molar-refractivity contribution in [3.63, 3.8) is 0 Å². The van der Waals surface area contributed by atoms with Crippen LogP contribution in [0.2, 0.25) is 0 Å². The Morgan fingerprint density at radius 2 is 2.00 bits per heavy atom. The minimum absolute atomic E-state index is 0.0278. The molecule has 0 radical (unpaired) electrons. The molecular formula is C20H21N3O4. The molecule has 0 N–H and O–H groups in total. The predicted molar refractivity (Wildman–Crippen MR) is 98.8 cm³/mol. The van der Waals surface area contributed by atoms with Gasteiger partial charge in [-0.15, -0.1) is 0 Å². The number of likely N-dealkylation sites (tertiary alicyclic amines) is 1. The molecule has 7 heteroatoms. The zero-order valence-corrected chi connectivity index (χ0v) is 15.3. The summed E-state index contributed by atoms with van der Waals surface area (Å²) in [6.07, 6.45) is 2.69. The van der Waals surface area contributed by atoms with Crippen molar-refractivity contribution < 1.29 is 19.1 Å². The van der Waals surface area contributed by atoms with E-state index >= 15 is 0 Å². The van der Waals surface area contributed by atoms with Gasteiger partial charge >= 0.3 is 0 Å². The van der Waals surface area contributed by atoms with Crippen LogP contribution in [-0.4, -0.2) is 47.9 Å². The molecule has 2 aliphatic rings. The zero-order chi connectivity index (χ0) is 18.9. The molecule has 1 spiro atoms. The van der Waals surface area contributed by atoms with Crippen molar-refractivity contribution >= 4 is 11.6 Å². The van der Waals surface area contributed by atoms with Crippen LogP contribution in [0.1, 0.15) is 24.0 Å². The second-order valence-corrected chi connectivity index (χ2v) is 6.69. The Morgan fingerprint density at radius 1 is 1.19 bits per heavy atom. The largest absolute Gasteiger partial charge is 0.497 e. The van der Waals surface area contributed by atoms with Crippen molar-refractivity contribution in [3.05, 3.63) is 53.7 Å². The zero-order valence-electron chi connectivity index (χ0n) is 15.3. The second-order valence-electron chi connectivity index (χ2n) is 6.69. The highest BCUT2D eigenvalue weighted by Crippen LogP contribution is 2.38. The Labute approximate surface area is 157 Å². The minimum atomic E-state index is -0.914. The molecule has 1 fully saturated rings. The molecule has 1 aromatic carbocycles. The van der Waals surface area contributed by atoms with Gasteiger partial charge in [0.05, 0.1) is 25.5 Å². The number of ether oxygens (including phenoxy) is 2. The Morgan fingerprint density at radius 3 is 2.74 bits per heavy atom. The predicted octanol–water partition coefficient (Wildman–Crippen LogP) is 2.39. The average Bonchev–Trinajstić information content (AvgIpc) is 3.28. The van der Waals surface area contributed by atoms with Gasteiger partial charge < -0.3 is 19.2 Å². The first kappa shape index (κ1) is 17.3. The van der Waals surface area contributed by atoms with Gasteiger partial charge in [0.15, 0.2) is 0 Å². The van der Waals surface area contributed by atoms with Crippen LogP contribution in [0, 0.1) is 0 Å². The van der Waals surface area contributed by atoms with Gasteiger partial charge in [-0.05, 0) is 29.8 Å². The van der Waals surface area contributed by atoms with Gasteiger partial charge in [-0.3, -0.25) is 4.79 Å². The number of methoxy groups -OCH3 is 2. The number of rotatable bonds is 5. The lowest BCUT2D eigenvalue weighted by atomic mass is 9.93. The number of benzene rings is 1. The Bertz CT molecular complexity index is 881. The summed E-state index contributed by atoms with van der Waals surface area (Å²) in [5, 5.41) is 4.20. The summed E-state index contributed by atoms with van der Waals surface area (Å²) in [7, 11) is 3.20. The number of pyridine rings is 1. The van der Waals surface area contributed by atoms with Gasteiger partial charge in [-0.25, -0.2) is 4.98 Å². The molecule has 4 rings (SSSR count). The van der Waals surface area contributed by atoms with Crippen LogP contribution in [0.5, 0.6) is 11.6 Å². The lowest BCUT2D eigenvalue weighted by Gasteiger charge is -2.21. The van der Waals surface area contributed by atoms with Gasteiger partial charge in [0.25, 0.3) is 5.91 Å². The number of aromatic nitrogens is 1. The van der Waals surface area contributed by atoms with Crippen molar-refractivity contribution in [1.29, 1.82) is 0 Å². The van der Waals surface area contributed by atoms with Gasteiger partial charge in [0.2, 0.25) is 11.5 Å². The van der Waals surface area contributed by atoms with Gasteiger partial charge in [-0.1, -0.05) is 17.3 Å². The standard InChI is InChI=1S/C20H21N3O4/c1-25-15-7-5-14(6-8-15)13-23-11-9-20(19(23)24)12-17(22-27-20)16-4-3-10-21-18(16)26-2/h3-8,10H,9,11-13H2,1-2H3. The van der Waals surface area contributed by atoms with Crippen molar-refractivity contribution in [2.24, 2.45) is 5.16 Å². The van der Waals surface area contributed by atoms with Crippen LogP contribution in [0.15, 0.2) is 47.8 Å². The van der Waals surface area contributed by atoms with Crippen LogP contribution in [0.25, 0.3) is 0 Å². The highest BCUT2D eigenvalue weighted by molar-refractivity contribution is 6.07. The summed E-state index contributed by atoms with van der Waals surface area (Å²) in [4.78, 5) is 24.7. The molecule has 0 bridgehead atoms. The van der Waals surface area contributed by atoms with Gasteiger partial charge in [0, 0.05) is 32.1 Å². The van der Waals surface area contributed by atoms with Crippen molar-refractivity contribution in [2.75, 3.05) is 20.8 Å². The average molecular weight is 367 g/mol. The molecule has 7 nitrogen and oxygen atoms in total. The lowest BCUT2D eigenvalue weighted by Crippen LogP contribution is -2.40. The maximum atomic E-state index is 13.0. The second kappa shape index (κ2) is 6.90. The highest BCUT2D eigenvalue weighted by Gasteiger charge is 2.53. The fourth-order valence-electron chi connectivity index (χ4n) is 3.56. The molecule has 140 valence electrons. The molecule has 1 atom stereocenters. The first-order chi connectivity index (χ1) is 13.1. The van der Waals surface area contributed by atoms with Crippen LogP contribution >= 0.6 is 0 Å². The fourth-order valence-corrected chi connectivity index (χ4v) is 3.56. The highest BCUT2D eigenvalue weighted by atomic mass is 16.7. The molecule has 1 amide bonds. The van der Waals surface area contributed by atoms with Crippen molar-refractivity contribution in [2.45, 2.75) is 25.0 Å². The van der Waals surface area contributed by atoms with E-state index in [0.29, 0.717) is 37.5 Å².